The van der Waals surface area contributed by atoms with Gasteiger partial charge in [0.2, 0.25) is 11.1 Å². The largest absolute Gasteiger partial charge is 0.485 e. The highest BCUT2D eigenvalue weighted by Crippen LogP contribution is 2.24. The highest BCUT2D eigenvalue weighted by Gasteiger charge is 2.20. The first-order valence-corrected chi connectivity index (χ1v) is 9.03. The minimum Gasteiger partial charge on any atom is -0.485 e. The van der Waals surface area contributed by atoms with Crippen LogP contribution in [-0.2, 0) is 11.4 Å². The summed E-state index contributed by atoms with van der Waals surface area (Å²) in [6, 6.07) is 6.06. The first kappa shape index (κ1) is 19.1. The number of hydrogen-bond acceptors (Lipinski definition) is 6. The number of aromatic nitrogens is 3. The van der Waals surface area contributed by atoms with Crippen molar-refractivity contribution in [3.63, 3.8) is 0 Å². The normalized spacial score (nSPS) is 12.2. The molecule has 0 saturated carbocycles. The molecule has 1 heterocycles. The van der Waals surface area contributed by atoms with Gasteiger partial charge >= 0.3 is 0 Å². The Hall–Kier alpha value is -2.22. The number of carbonyl (C=O) groups is 1. The van der Waals surface area contributed by atoms with E-state index in [1.54, 1.807) is 0 Å². The molecule has 2 rings (SSSR count). The number of carbonyl (C=O) groups excluding carboxylic acids is 1. The first-order valence-electron chi connectivity index (χ1n) is 8.15. The number of benzene rings is 1. The third kappa shape index (κ3) is 4.88. The zero-order chi connectivity index (χ0) is 18.6. The number of nitrogens with one attached hydrogen (secondary N) is 1. The molecule has 1 unspecified atom stereocenters. The molecule has 0 radical (unpaired) electrons. The van der Waals surface area contributed by atoms with E-state index in [0.29, 0.717) is 11.0 Å². The van der Waals surface area contributed by atoms with Gasteiger partial charge in [-0.1, -0.05) is 30.0 Å². The molecule has 0 aliphatic rings. The Bertz CT molecular complexity index is 724. The second kappa shape index (κ2) is 8.24. The van der Waals surface area contributed by atoms with Gasteiger partial charge in [0.15, 0.2) is 5.82 Å². The van der Waals surface area contributed by atoms with E-state index in [2.05, 4.69) is 15.5 Å². The summed E-state index contributed by atoms with van der Waals surface area (Å²) in [4.78, 5) is 12.0. The Morgan fingerprint density at radius 3 is 2.52 bits per heavy atom. The van der Waals surface area contributed by atoms with Crippen LogP contribution in [0.2, 0.25) is 0 Å². The van der Waals surface area contributed by atoms with Gasteiger partial charge in [0.05, 0.1) is 5.25 Å². The molecule has 1 atom stereocenters. The van der Waals surface area contributed by atoms with Crippen LogP contribution in [0.1, 0.15) is 37.7 Å². The summed E-state index contributed by atoms with van der Waals surface area (Å²) in [6.45, 7) is 9.84. The van der Waals surface area contributed by atoms with Gasteiger partial charge < -0.3 is 15.9 Å². The molecule has 8 heteroatoms. The molecular weight excluding hydrogens is 338 g/mol. The molecule has 0 bridgehead atoms. The van der Waals surface area contributed by atoms with Crippen LogP contribution in [-0.4, -0.2) is 32.1 Å². The van der Waals surface area contributed by atoms with Gasteiger partial charge in [-0.3, -0.25) is 4.79 Å². The van der Waals surface area contributed by atoms with Crippen LogP contribution >= 0.6 is 11.8 Å². The molecule has 136 valence electrons. The van der Waals surface area contributed by atoms with Crippen molar-refractivity contribution in [1.29, 1.82) is 0 Å². The number of amides is 1. The zero-order valence-corrected chi connectivity index (χ0v) is 16.1. The number of para-hydroxylation sites is 1. The molecule has 1 aromatic carbocycles. The van der Waals surface area contributed by atoms with E-state index in [4.69, 9.17) is 10.6 Å². The molecule has 25 heavy (non-hydrogen) atoms. The van der Waals surface area contributed by atoms with Crippen LogP contribution in [0.25, 0.3) is 0 Å². The average Bonchev–Trinajstić information content (AvgIpc) is 2.87. The van der Waals surface area contributed by atoms with Crippen LogP contribution in [0, 0.1) is 13.8 Å². The number of thioether (sulfide) groups is 1. The average molecular weight is 363 g/mol. The minimum absolute atomic E-state index is 0.0589. The quantitative estimate of drug-likeness (QED) is 0.578. The molecular formula is C17H25N5O2S. The Labute approximate surface area is 152 Å². The molecule has 1 aromatic heterocycles. The van der Waals surface area contributed by atoms with E-state index in [-0.39, 0.29) is 23.8 Å². The van der Waals surface area contributed by atoms with E-state index < -0.39 is 0 Å². The van der Waals surface area contributed by atoms with Gasteiger partial charge in [0.1, 0.15) is 12.4 Å². The maximum atomic E-state index is 12.0. The van der Waals surface area contributed by atoms with Crippen LogP contribution in [0.3, 0.4) is 0 Å². The molecule has 0 aliphatic carbocycles. The predicted octanol–water partition coefficient (Wildman–Crippen LogP) is 2.19. The van der Waals surface area contributed by atoms with Gasteiger partial charge in [-0.15, -0.1) is 10.2 Å². The van der Waals surface area contributed by atoms with Crippen LogP contribution < -0.4 is 15.9 Å². The number of aryl methyl sites for hydroxylation is 2. The summed E-state index contributed by atoms with van der Waals surface area (Å²) in [5.41, 5.74) is 2.10. The summed E-state index contributed by atoms with van der Waals surface area (Å²) in [5.74, 6) is 7.32. The maximum absolute atomic E-state index is 12.0. The summed E-state index contributed by atoms with van der Waals surface area (Å²) in [5, 5.41) is 11.2. The van der Waals surface area contributed by atoms with Crippen molar-refractivity contribution >= 4 is 17.7 Å². The van der Waals surface area contributed by atoms with E-state index in [9.17, 15) is 4.79 Å². The van der Waals surface area contributed by atoms with E-state index in [0.717, 1.165) is 16.9 Å². The standard InChI is InChI=1S/C17H25N5O2S/c1-10(2)19-16(23)13(5)25-17-21-20-14(22(17)18)9-24-15-11(3)7-6-8-12(15)4/h6-8,10,13H,9,18H2,1-5H3,(H,19,23). The molecule has 0 aliphatic heterocycles. The third-order valence-electron chi connectivity index (χ3n) is 3.57. The van der Waals surface area contributed by atoms with Gasteiger partial charge in [0, 0.05) is 6.04 Å². The van der Waals surface area contributed by atoms with Crippen molar-refractivity contribution < 1.29 is 9.53 Å². The lowest BCUT2D eigenvalue weighted by Crippen LogP contribution is -2.36. The van der Waals surface area contributed by atoms with E-state index in [1.165, 1.54) is 16.4 Å². The minimum atomic E-state index is -0.318. The fourth-order valence-electron chi connectivity index (χ4n) is 2.26. The smallest absolute Gasteiger partial charge is 0.233 e. The van der Waals surface area contributed by atoms with Crippen molar-refractivity contribution in [1.82, 2.24) is 20.2 Å². The predicted molar refractivity (Wildman–Crippen MR) is 99.0 cm³/mol. The molecule has 0 fully saturated rings. The van der Waals surface area contributed by atoms with Crippen molar-refractivity contribution in [2.75, 3.05) is 5.84 Å². The second-order valence-corrected chi connectivity index (χ2v) is 7.51. The number of nitrogen functional groups attached to an aromatic ring is 1. The molecule has 2 aromatic rings. The number of hydrogen-bond donors (Lipinski definition) is 2. The maximum Gasteiger partial charge on any atom is 0.233 e. The van der Waals surface area contributed by atoms with Gasteiger partial charge in [-0.25, -0.2) is 4.68 Å². The fraction of sp³-hybridized carbons (Fsp3) is 0.471. The lowest BCUT2D eigenvalue weighted by Gasteiger charge is -2.14. The van der Waals surface area contributed by atoms with Gasteiger partial charge in [-0.05, 0) is 45.7 Å². The Balaban J connectivity index is 2.02. The lowest BCUT2D eigenvalue weighted by atomic mass is 10.1. The van der Waals surface area contributed by atoms with Gasteiger partial charge in [0.25, 0.3) is 0 Å². The summed E-state index contributed by atoms with van der Waals surface area (Å²) in [6.07, 6.45) is 0. The van der Waals surface area contributed by atoms with Crippen molar-refractivity contribution in [3.05, 3.63) is 35.2 Å². The monoisotopic (exact) mass is 363 g/mol. The molecule has 3 N–H and O–H groups in total. The van der Waals surface area contributed by atoms with Gasteiger partial charge in [-0.2, -0.15) is 0 Å². The summed E-state index contributed by atoms with van der Waals surface area (Å²) < 4.78 is 7.23. The summed E-state index contributed by atoms with van der Waals surface area (Å²) in [7, 11) is 0. The zero-order valence-electron chi connectivity index (χ0n) is 15.2. The number of nitrogens with two attached hydrogens (primary N) is 1. The first-order chi connectivity index (χ1) is 11.8. The fourth-order valence-corrected chi connectivity index (χ4v) is 3.06. The Morgan fingerprint density at radius 2 is 1.92 bits per heavy atom. The number of ether oxygens (including phenoxy) is 1. The Kier molecular flexibility index (Phi) is 6.30. The highest BCUT2D eigenvalue weighted by molar-refractivity contribution is 8.00. The third-order valence-corrected chi connectivity index (χ3v) is 4.63. The highest BCUT2D eigenvalue weighted by atomic mass is 32.2. The SMILES string of the molecule is Cc1cccc(C)c1OCc1nnc(SC(C)C(=O)NC(C)C)n1N. The van der Waals surface area contributed by atoms with Crippen molar-refractivity contribution in [3.8, 4) is 5.75 Å². The van der Waals surface area contributed by atoms with Crippen LogP contribution in [0.4, 0.5) is 0 Å². The van der Waals surface area contributed by atoms with Crippen LogP contribution in [0.15, 0.2) is 23.4 Å². The molecule has 7 nitrogen and oxygen atoms in total. The van der Waals surface area contributed by atoms with E-state index >= 15 is 0 Å². The van der Waals surface area contributed by atoms with Crippen molar-refractivity contribution in [2.24, 2.45) is 0 Å². The molecule has 0 spiro atoms. The topological polar surface area (TPSA) is 95.1 Å². The van der Waals surface area contributed by atoms with Crippen LogP contribution in [0.5, 0.6) is 5.75 Å². The van der Waals surface area contributed by atoms with Crippen molar-refractivity contribution in [2.45, 2.75) is 57.7 Å². The lowest BCUT2D eigenvalue weighted by molar-refractivity contribution is -0.120. The van der Waals surface area contributed by atoms with E-state index in [1.807, 2.05) is 52.8 Å². The second-order valence-electron chi connectivity index (χ2n) is 6.20. The molecule has 0 saturated heterocycles. The Morgan fingerprint density at radius 1 is 1.28 bits per heavy atom. The number of nitrogens with zero attached hydrogens (tertiary/aromatic N) is 3. The molecule has 1 amide bonds. The number of rotatable bonds is 7. The summed E-state index contributed by atoms with van der Waals surface area (Å²) >= 11 is 1.27.